The Bertz CT molecular complexity index is 381. The van der Waals surface area contributed by atoms with Gasteiger partial charge < -0.3 is 14.7 Å². The molecule has 17 heavy (non-hydrogen) atoms. The van der Waals surface area contributed by atoms with E-state index in [9.17, 15) is 4.79 Å². The fourth-order valence-corrected chi connectivity index (χ4v) is 1.93. The van der Waals surface area contributed by atoms with Crippen LogP contribution in [0.1, 0.15) is 18.4 Å². The molecule has 96 valence electrons. The first-order chi connectivity index (χ1) is 7.65. The molecule has 2 rings (SSSR count). The summed E-state index contributed by atoms with van der Waals surface area (Å²) in [4.78, 5) is 13.8. The van der Waals surface area contributed by atoms with Gasteiger partial charge in [-0.1, -0.05) is 5.16 Å². The molecule has 0 aromatic carbocycles. The van der Waals surface area contributed by atoms with E-state index in [-0.39, 0.29) is 18.3 Å². The van der Waals surface area contributed by atoms with Gasteiger partial charge in [-0.25, -0.2) is 0 Å². The Kier molecular flexibility index (Phi) is 4.96. The van der Waals surface area contributed by atoms with Gasteiger partial charge in [0.05, 0.1) is 12.1 Å². The molecule has 0 aliphatic carbocycles. The number of hydrogen-bond acceptors (Lipinski definition) is 4. The van der Waals surface area contributed by atoms with Gasteiger partial charge in [0.1, 0.15) is 5.76 Å². The number of halogens is 1. The minimum Gasteiger partial charge on any atom is -0.361 e. The largest absolute Gasteiger partial charge is 0.361 e. The van der Waals surface area contributed by atoms with Crippen molar-refractivity contribution in [2.75, 3.05) is 19.6 Å². The van der Waals surface area contributed by atoms with Crippen LogP contribution in [0.5, 0.6) is 0 Å². The van der Waals surface area contributed by atoms with E-state index >= 15 is 0 Å². The molecule has 0 saturated carbocycles. The van der Waals surface area contributed by atoms with Crippen LogP contribution in [0.2, 0.25) is 0 Å². The molecule has 5 nitrogen and oxygen atoms in total. The van der Waals surface area contributed by atoms with Gasteiger partial charge in [0.2, 0.25) is 5.91 Å². The van der Waals surface area contributed by atoms with Crippen LogP contribution >= 0.6 is 12.4 Å². The molecule has 1 fully saturated rings. The number of carbonyl (C=O) groups excluding carboxylic acids is 1. The van der Waals surface area contributed by atoms with Crippen molar-refractivity contribution in [1.82, 2.24) is 15.4 Å². The van der Waals surface area contributed by atoms with E-state index in [1.807, 2.05) is 17.9 Å². The van der Waals surface area contributed by atoms with Crippen molar-refractivity contribution in [3.63, 3.8) is 0 Å². The average molecular weight is 260 g/mol. The fourth-order valence-electron chi connectivity index (χ4n) is 1.93. The normalized spacial score (nSPS) is 19.9. The minimum atomic E-state index is 0. The lowest BCUT2D eigenvalue weighted by molar-refractivity contribution is -0.131. The Balaban J connectivity index is 0.00000144. The quantitative estimate of drug-likeness (QED) is 0.852. The molecule has 0 radical (unpaired) electrons. The summed E-state index contributed by atoms with van der Waals surface area (Å²) in [5, 5.41) is 7.14. The third-order valence-electron chi connectivity index (χ3n) is 2.73. The molecule has 0 spiro atoms. The molecule has 2 heterocycles. The third kappa shape index (κ3) is 3.71. The van der Waals surface area contributed by atoms with Crippen molar-refractivity contribution in [2.45, 2.75) is 26.3 Å². The van der Waals surface area contributed by atoms with Crippen LogP contribution in [-0.4, -0.2) is 41.6 Å². The first-order valence-electron chi connectivity index (χ1n) is 5.58. The second-order valence-electron chi connectivity index (χ2n) is 4.30. The highest BCUT2D eigenvalue weighted by Crippen LogP contribution is 2.06. The van der Waals surface area contributed by atoms with Crippen LogP contribution in [0, 0.1) is 6.92 Å². The minimum absolute atomic E-state index is 0. The number of piperazine rings is 1. The van der Waals surface area contributed by atoms with E-state index in [0.29, 0.717) is 18.2 Å². The van der Waals surface area contributed by atoms with Gasteiger partial charge in [-0.2, -0.15) is 0 Å². The van der Waals surface area contributed by atoms with Gasteiger partial charge in [-0.3, -0.25) is 4.79 Å². The molecule has 1 aromatic heterocycles. The maximum atomic E-state index is 11.9. The number of rotatable bonds is 2. The predicted molar refractivity (Wildman–Crippen MR) is 66.2 cm³/mol. The van der Waals surface area contributed by atoms with E-state index in [1.54, 1.807) is 0 Å². The van der Waals surface area contributed by atoms with Gasteiger partial charge >= 0.3 is 0 Å². The Morgan fingerprint density at radius 2 is 2.47 bits per heavy atom. The molecule has 6 heteroatoms. The molecular weight excluding hydrogens is 242 g/mol. The van der Waals surface area contributed by atoms with Crippen molar-refractivity contribution in [3.05, 3.63) is 17.5 Å². The molecule has 1 saturated heterocycles. The smallest absolute Gasteiger partial charge is 0.228 e. The molecule has 1 aliphatic heterocycles. The molecule has 1 aromatic rings. The number of nitrogens with one attached hydrogen (secondary N) is 1. The van der Waals surface area contributed by atoms with Gasteiger partial charge in [-0.15, -0.1) is 12.4 Å². The summed E-state index contributed by atoms with van der Waals surface area (Å²) in [5.74, 6) is 0.873. The topological polar surface area (TPSA) is 58.4 Å². The van der Waals surface area contributed by atoms with Crippen molar-refractivity contribution >= 4 is 18.3 Å². The molecule has 1 N–H and O–H groups in total. The fraction of sp³-hybridized carbons (Fsp3) is 0.636. The highest BCUT2D eigenvalue weighted by Gasteiger charge is 2.21. The predicted octanol–water partition coefficient (Wildman–Crippen LogP) is 0.768. The zero-order valence-corrected chi connectivity index (χ0v) is 10.9. The molecule has 1 aliphatic rings. The SMILES string of the molecule is Cc1cc(CC(=O)N2CCNC(C)C2)no1.Cl. The van der Waals surface area contributed by atoms with Crippen LogP contribution in [-0.2, 0) is 11.2 Å². The summed E-state index contributed by atoms with van der Waals surface area (Å²) < 4.78 is 4.94. The summed E-state index contributed by atoms with van der Waals surface area (Å²) >= 11 is 0. The summed E-state index contributed by atoms with van der Waals surface area (Å²) in [6.07, 6.45) is 0.337. The summed E-state index contributed by atoms with van der Waals surface area (Å²) in [7, 11) is 0. The third-order valence-corrected chi connectivity index (χ3v) is 2.73. The van der Waals surface area contributed by atoms with E-state index in [0.717, 1.165) is 25.4 Å². The number of carbonyl (C=O) groups is 1. The van der Waals surface area contributed by atoms with Gasteiger partial charge in [0.15, 0.2) is 0 Å². The van der Waals surface area contributed by atoms with Crippen LogP contribution in [0.4, 0.5) is 0 Å². The Labute approximate surface area is 107 Å². The highest BCUT2D eigenvalue weighted by atomic mass is 35.5. The number of hydrogen-bond donors (Lipinski definition) is 1. The number of amides is 1. The van der Waals surface area contributed by atoms with Gasteiger partial charge in [0, 0.05) is 31.7 Å². The molecule has 0 bridgehead atoms. The van der Waals surface area contributed by atoms with E-state index in [2.05, 4.69) is 17.4 Å². The van der Waals surface area contributed by atoms with E-state index < -0.39 is 0 Å². The van der Waals surface area contributed by atoms with Crippen molar-refractivity contribution in [2.24, 2.45) is 0 Å². The van der Waals surface area contributed by atoms with Crippen molar-refractivity contribution in [1.29, 1.82) is 0 Å². The summed E-state index contributed by atoms with van der Waals surface area (Å²) in [6, 6.07) is 2.18. The lowest BCUT2D eigenvalue weighted by atomic mass is 10.2. The maximum absolute atomic E-state index is 11.9. The number of aryl methyl sites for hydroxylation is 1. The number of nitrogens with zero attached hydrogens (tertiary/aromatic N) is 2. The summed E-state index contributed by atoms with van der Waals surface area (Å²) in [6.45, 7) is 6.33. The molecule has 1 unspecified atom stereocenters. The Morgan fingerprint density at radius 3 is 3.06 bits per heavy atom. The lowest BCUT2D eigenvalue weighted by Crippen LogP contribution is -2.51. The zero-order valence-electron chi connectivity index (χ0n) is 10.1. The van der Waals surface area contributed by atoms with Crippen molar-refractivity contribution < 1.29 is 9.32 Å². The van der Waals surface area contributed by atoms with E-state index in [1.165, 1.54) is 0 Å². The second-order valence-corrected chi connectivity index (χ2v) is 4.30. The number of aromatic nitrogens is 1. The average Bonchev–Trinajstić information content (AvgIpc) is 2.64. The Morgan fingerprint density at radius 1 is 1.71 bits per heavy atom. The van der Waals surface area contributed by atoms with Crippen LogP contribution < -0.4 is 5.32 Å². The van der Waals surface area contributed by atoms with Crippen LogP contribution in [0.3, 0.4) is 0 Å². The van der Waals surface area contributed by atoms with Crippen molar-refractivity contribution in [3.8, 4) is 0 Å². The van der Waals surface area contributed by atoms with Gasteiger partial charge in [0.25, 0.3) is 0 Å². The maximum Gasteiger partial charge on any atom is 0.228 e. The van der Waals surface area contributed by atoms with E-state index in [4.69, 9.17) is 4.52 Å². The monoisotopic (exact) mass is 259 g/mol. The molecular formula is C11H18ClN3O2. The first kappa shape index (κ1) is 14.0. The van der Waals surface area contributed by atoms with Crippen LogP contribution in [0.25, 0.3) is 0 Å². The molecule has 1 amide bonds. The molecule has 1 atom stereocenters. The summed E-state index contributed by atoms with van der Waals surface area (Å²) in [5.41, 5.74) is 0.716. The standard InChI is InChI=1S/C11H17N3O2.ClH/c1-8-7-14(4-3-12-8)11(15)6-10-5-9(2)16-13-10;/h5,8,12H,3-4,6-7H2,1-2H3;1H. The lowest BCUT2D eigenvalue weighted by Gasteiger charge is -2.31. The zero-order chi connectivity index (χ0) is 11.5. The first-order valence-corrected chi connectivity index (χ1v) is 5.58. The van der Waals surface area contributed by atoms with Crippen LogP contribution in [0.15, 0.2) is 10.6 Å². The Hall–Kier alpha value is -1.07. The van der Waals surface area contributed by atoms with Gasteiger partial charge in [-0.05, 0) is 13.8 Å². The second kappa shape index (κ2) is 6.02. The highest BCUT2D eigenvalue weighted by molar-refractivity contribution is 5.85.